The second-order valence-corrected chi connectivity index (χ2v) is 11.0. The molecule has 3 heterocycles. The molecule has 2 aromatic rings. The lowest BCUT2D eigenvalue weighted by Gasteiger charge is -2.34. The fourth-order valence-electron chi connectivity index (χ4n) is 4.85. The SMILES string of the molecule is Cn1nc(C(C)(C)C)cc1C(=O)N1CCN(C(=O)c2ccc(OCCCN3CCCCC3)cc2)CC1. The summed E-state index contributed by atoms with van der Waals surface area (Å²) < 4.78 is 7.55. The predicted molar refractivity (Wildman–Crippen MR) is 141 cm³/mol. The van der Waals surface area contributed by atoms with Gasteiger partial charge in [-0.3, -0.25) is 14.3 Å². The molecular weight excluding hydrogens is 454 g/mol. The second kappa shape index (κ2) is 11.5. The molecular formula is C28H41N5O3. The first-order valence-corrected chi connectivity index (χ1v) is 13.3. The number of carbonyl (C=O) groups is 2. The molecule has 0 saturated carbocycles. The summed E-state index contributed by atoms with van der Waals surface area (Å²) in [5.41, 5.74) is 2.02. The summed E-state index contributed by atoms with van der Waals surface area (Å²) in [7, 11) is 1.81. The van der Waals surface area contributed by atoms with E-state index in [1.807, 2.05) is 47.2 Å². The molecule has 0 aliphatic carbocycles. The average Bonchev–Trinajstić information content (AvgIpc) is 3.29. The van der Waals surface area contributed by atoms with Gasteiger partial charge in [-0.25, -0.2) is 0 Å². The smallest absolute Gasteiger partial charge is 0.272 e. The molecule has 2 saturated heterocycles. The fourth-order valence-corrected chi connectivity index (χ4v) is 4.85. The van der Waals surface area contributed by atoms with Gasteiger partial charge in [0.1, 0.15) is 11.4 Å². The van der Waals surface area contributed by atoms with Crippen molar-refractivity contribution in [1.29, 1.82) is 0 Å². The van der Waals surface area contributed by atoms with Crippen LogP contribution in [0.3, 0.4) is 0 Å². The standard InChI is InChI=1S/C28H41N5O3/c1-28(2,3)25-21-24(30(4)29-25)27(35)33-18-16-32(17-19-33)26(34)22-9-11-23(12-10-22)36-20-8-15-31-13-6-5-7-14-31/h9-12,21H,5-8,13-20H2,1-4H3. The highest BCUT2D eigenvalue weighted by molar-refractivity contribution is 5.95. The summed E-state index contributed by atoms with van der Waals surface area (Å²) in [5.74, 6) is 0.759. The highest BCUT2D eigenvalue weighted by Gasteiger charge is 2.28. The molecule has 196 valence electrons. The van der Waals surface area contributed by atoms with Gasteiger partial charge >= 0.3 is 0 Å². The van der Waals surface area contributed by atoms with E-state index in [1.54, 1.807) is 4.68 Å². The van der Waals surface area contributed by atoms with E-state index in [0.717, 1.165) is 24.4 Å². The normalized spacial score (nSPS) is 17.3. The van der Waals surface area contributed by atoms with E-state index >= 15 is 0 Å². The zero-order valence-electron chi connectivity index (χ0n) is 22.3. The summed E-state index contributed by atoms with van der Waals surface area (Å²) in [6.45, 7) is 12.5. The van der Waals surface area contributed by atoms with Crippen LogP contribution in [-0.4, -0.2) is 88.7 Å². The Morgan fingerprint density at radius 3 is 2.08 bits per heavy atom. The van der Waals surface area contributed by atoms with Gasteiger partial charge in [0.15, 0.2) is 0 Å². The van der Waals surface area contributed by atoms with Gasteiger partial charge in [0.05, 0.1) is 12.3 Å². The van der Waals surface area contributed by atoms with Crippen molar-refractivity contribution < 1.29 is 14.3 Å². The van der Waals surface area contributed by atoms with Gasteiger partial charge in [0.25, 0.3) is 11.8 Å². The van der Waals surface area contributed by atoms with E-state index in [9.17, 15) is 9.59 Å². The lowest BCUT2D eigenvalue weighted by Crippen LogP contribution is -2.50. The minimum Gasteiger partial charge on any atom is -0.494 e. The van der Waals surface area contributed by atoms with E-state index in [2.05, 4.69) is 30.8 Å². The third-order valence-electron chi connectivity index (χ3n) is 7.16. The van der Waals surface area contributed by atoms with Gasteiger partial charge in [-0.15, -0.1) is 0 Å². The van der Waals surface area contributed by atoms with Crippen molar-refractivity contribution in [2.75, 3.05) is 52.4 Å². The Bertz CT molecular complexity index is 1030. The van der Waals surface area contributed by atoms with Gasteiger partial charge in [-0.1, -0.05) is 27.2 Å². The molecule has 0 bridgehead atoms. The third-order valence-corrected chi connectivity index (χ3v) is 7.16. The number of piperidine rings is 1. The number of hydrogen-bond donors (Lipinski definition) is 0. The molecule has 2 aliphatic heterocycles. The molecule has 0 N–H and O–H groups in total. The maximum absolute atomic E-state index is 13.1. The zero-order valence-corrected chi connectivity index (χ0v) is 22.3. The van der Waals surface area contributed by atoms with Crippen molar-refractivity contribution in [3.63, 3.8) is 0 Å². The first kappa shape index (κ1) is 26.2. The summed E-state index contributed by atoms with van der Waals surface area (Å²) in [5, 5.41) is 4.52. The monoisotopic (exact) mass is 495 g/mol. The summed E-state index contributed by atoms with van der Waals surface area (Å²) >= 11 is 0. The second-order valence-electron chi connectivity index (χ2n) is 11.0. The maximum atomic E-state index is 13.1. The number of carbonyl (C=O) groups excluding carboxylic acids is 2. The molecule has 1 aromatic heterocycles. The van der Waals surface area contributed by atoms with E-state index < -0.39 is 0 Å². The zero-order chi connectivity index (χ0) is 25.7. The number of piperazine rings is 1. The summed E-state index contributed by atoms with van der Waals surface area (Å²) in [4.78, 5) is 32.3. The van der Waals surface area contributed by atoms with Crippen LogP contribution in [0, 0.1) is 0 Å². The van der Waals surface area contributed by atoms with Crippen LogP contribution in [0.2, 0.25) is 0 Å². The third kappa shape index (κ3) is 6.46. The molecule has 8 nitrogen and oxygen atoms in total. The van der Waals surface area contributed by atoms with Gasteiger partial charge in [0, 0.05) is 50.7 Å². The van der Waals surface area contributed by atoms with E-state index in [-0.39, 0.29) is 17.2 Å². The largest absolute Gasteiger partial charge is 0.494 e. The topological polar surface area (TPSA) is 70.9 Å². The van der Waals surface area contributed by atoms with Crippen molar-refractivity contribution in [3.8, 4) is 5.75 Å². The van der Waals surface area contributed by atoms with Crippen LogP contribution in [-0.2, 0) is 12.5 Å². The molecule has 1 aromatic carbocycles. The molecule has 4 rings (SSSR count). The number of rotatable bonds is 7. The number of benzene rings is 1. The number of aromatic nitrogens is 2. The molecule has 2 amide bonds. The van der Waals surface area contributed by atoms with Crippen molar-refractivity contribution in [2.24, 2.45) is 7.05 Å². The van der Waals surface area contributed by atoms with Crippen molar-refractivity contribution in [3.05, 3.63) is 47.3 Å². The molecule has 2 aliphatic rings. The van der Waals surface area contributed by atoms with E-state index in [1.165, 1.54) is 32.4 Å². The van der Waals surface area contributed by atoms with Crippen LogP contribution >= 0.6 is 0 Å². The number of likely N-dealkylation sites (tertiary alicyclic amines) is 1. The number of hydrogen-bond acceptors (Lipinski definition) is 5. The van der Waals surface area contributed by atoms with Crippen LogP contribution < -0.4 is 4.74 Å². The summed E-state index contributed by atoms with van der Waals surface area (Å²) in [6.07, 6.45) is 4.99. The van der Waals surface area contributed by atoms with Crippen molar-refractivity contribution >= 4 is 11.8 Å². The van der Waals surface area contributed by atoms with Gasteiger partial charge < -0.3 is 19.4 Å². The Hall–Kier alpha value is -2.87. The van der Waals surface area contributed by atoms with E-state index in [4.69, 9.17) is 4.74 Å². The Morgan fingerprint density at radius 2 is 1.50 bits per heavy atom. The Morgan fingerprint density at radius 1 is 0.889 bits per heavy atom. The van der Waals surface area contributed by atoms with E-state index in [0.29, 0.717) is 44.0 Å². The molecule has 0 radical (unpaired) electrons. The minimum atomic E-state index is -0.116. The first-order chi connectivity index (χ1) is 17.2. The highest BCUT2D eigenvalue weighted by atomic mass is 16.5. The van der Waals surface area contributed by atoms with Gasteiger partial charge in [-0.2, -0.15) is 5.10 Å². The Kier molecular flexibility index (Phi) is 8.34. The Balaban J connectivity index is 1.23. The first-order valence-electron chi connectivity index (χ1n) is 13.3. The van der Waals surface area contributed by atoms with Crippen molar-refractivity contribution in [1.82, 2.24) is 24.5 Å². The fraction of sp³-hybridized carbons (Fsp3) is 0.607. The van der Waals surface area contributed by atoms with Gasteiger partial charge in [0.2, 0.25) is 0 Å². The molecule has 36 heavy (non-hydrogen) atoms. The molecule has 0 unspecified atom stereocenters. The van der Waals surface area contributed by atoms with Crippen LogP contribution in [0.1, 0.15) is 73.0 Å². The number of aryl methyl sites for hydroxylation is 1. The van der Waals surface area contributed by atoms with Crippen LogP contribution in [0.4, 0.5) is 0 Å². The highest BCUT2D eigenvalue weighted by Crippen LogP contribution is 2.22. The Labute approximate surface area is 215 Å². The predicted octanol–water partition coefficient (Wildman–Crippen LogP) is 3.57. The lowest BCUT2D eigenvalue weighted by atomic mass is 9.92. The quantitative estimate of drug-likeness (QED) is 0.549. The maximum Gasteiger partial charge on any atom is 0.272 e. The van der Waals surface area contributed by atoms with Crippen LogP contribution in [0.15, 0.2) is 30.3 Å². The average molecular weight is 496 g/mol. The number of nitrogens with zero attached hydrogens (tertiary/aromatic N) is 5. The number of amides is 2. The number of ether oxygens (including phenoxy) is 1. The molecule has 2 fully saturated rings. The van der Waals surface area contributed by atoms with Gasteiger partial charge in [-0.05, 0) is 62.7 Å². The van der Waals surface area contributed by atoms with Crippen LogP contribution in [0.5, 0.6) is 5.75 Å². The lowest BCUT2D eigenvalue weighted by molar-refractivity contribution is 0.0529. The molecule has 0 atom stereocenters. The molecule has 8 heteroatoms. The minimum absolute atomic E-state index is 0.00528. The molecule has 0 spiro atoms. The van der Waals surface area contributed by atoms with Crippen molar-refractivity contribution in [2.45, 2.75) is 51.9 Å². The summed E-state index contributed by atoms with van der Waals surface area (Å²) in [6, 6.07) is 9.32. The van der Waals surface area contributed by atoms with Crippen LogP contribution in [0.25, 0.3) is 0 Å².